The highest BCUT2D eigenvalue weighted by Gasteiger charge is 2.18. The lowest BCUT2D eigenvalue weighted by atomic mass is 10.1. The number of fused-ring (bicyclic) bond motifs is 1. The summed E-state index contributed by atoms with van der Waals surface area (Å²) in [5.41, 5.74) is 3.38. The van der Waals surface area contributed by atoms with E-state index in [9.17, 15) is 9.59 Å². The number of carbonyl (C=O) groups excluding carboxylic acids is 2. The van der Waals surface area contributed by atoms with Crippen LogP contribution in [0.3, 0.4) is 0 Å². The Morgan fingerprint density at radius 1 is 0.878 bits per heavy atom. The molecule has 0 unspecified atom stereocenters. The quantitative estimate of drug-likeness (QED) is 0.222. The fourth-order valence-corrected chi connectivity index (χ4v) is 4.80. The van der Waals surface area contributed by atoms with Gasteiger partial charge in [0.1, 0.15) is 12.4 Å². The fourth-order valence-electron chi connectivity index (χ4n) is 4.80. The van der Waals surface area contributed by atoms with Gasteiger partial charge < -0.3 is 29.0 Å². The van der Waals surface area contributed by atoms with Crippen LogP contribution in [0.4, 0.5) is 0 Å². The summed E-state index contributed by atoms with van der Waals surface area (Å²) in [7, 11) is 6.40. The zero-order valence-corrected chi connectivity index (χ0v) is 24.2. The molecule has 1 N–H and O–H groups in total. The van der Waals surface area contributed by atoms with Crippen LogP contribution >= 0.6 is 0 Å². The summed E-state index contributed by atoms with van der Waals surface area (Å²) in [4.78, 5) is 32.5. The van der Waals surface area contributed by atoms with Gasteiger partial charge in [0.05, 0.1) is 32.4 Å². The summed E-state index contributed by atoms with van der Waals surface area (Å²) in [5, 5.41) is 2.97. The molecule has 0 aliphatic heterocycles. The molecule has 41 heavy (non-hydrogen) atoms. The topological polar surface area (TPSA) is 94.9 Å². The molecule has 3 aromatic carbocycles. The Balaban J connectivity index is 1.31. The third kappa shape index (κ3) is 7.36. The third-order valence-corrected chi connectivity index (χ3v) is 7.00. The molecule has 0 fully saturated rings. The standard InChI is InChI=1S/C32H38N4O5/c1-35(21-23-13-7-5-8-14-23)30(37)22-36-26-16-11-10-15-25(26)34-29(36)17-9-6-12-18-33-32(38)24-19-27(39-2)31(41-4)28(20-24)40-3/h5,7-8,10-11,13-16,19-20H,6,9,12,17-18,21-22H2,1-4H3,(H,33,38). The summed E-state index contributed by atoms with van der Waals surface area (Å²) < 4.78 is 18.1. The lowest BCUT2D eigenvalue weighted by Crippen LogP contribution is -2.30. The normalized spacial score (nSPS) is 10.8. The first kappa shape index (κ1) is 29.5. The van der Waals surface area contributed by atoms with E-state index in [4.69, 9.17) is 19.2 Å². The van der Waals surface area contributed by atoms with E-state index in [0.717, 1.165) is 48.1 Å². The number of ether oxygens (including phenoxy) is 3. The number of likely N-dealkylation sites (N-methyl/N-ethyl adjacent to an activating group) is 1. The number of aryl methyl sites for hydroxylation is 1. The number of imidazole rings is 1. The molecule has 1 heterocycles. The van der Waals surface area contributed by atoms with E-state index in [-0.39, 0.29) is 18.4 Å². The molecule has 0 aliphatic carbocycles. The van der Waals surface area contributed by atoms with Crippen LogP contribution in [0.1, 0.15) is 41.0 Å². The smallest absolute Gasteiger partial charge is 0.251 e. The molecule has 9 heteroatoms. The number of unbranched alkanes of at least 4 members (excludes halogenated alkanes) is 2. The maximum absolute atomic E-state index is 13.1. The maximum Gasteiger partial charge on any atom is 0.251 e. The molecular weight excluding hydrogens is 520 g/mol. The van der Waals surface area contributed by atoms with Crippen LogP contribution in [0, 0.1) is 0 Å². The first-order valence-electron chi connectivity index (χ1n) is 13.8. The van der Waals surface area contributed by atoms with Gasteiger partial charge in [-0.05, 0) is 42.7 Å². The average molecular weight is 559 g/mol. The number of amides is 2. The van der Waals surface area contributed by atoms with Crippen LogP contribution in [-0.4, -0.2) is 61.2 Å². The molecule has 9 nitrogen and oxygen atoms in total. The first-order valence-corrected chi connectivity index (χ1v) is 13.8. The predicted molar refractivity (Wildman–Crippen MR) is 159 cm³/mol. The SMILES string of the molecule is COc1cc(C(=O)NCCCCCc2nc3ccccc3n2CC(=O)N(C)Cc2ccccc2)cc(OC)c1OC. The van der Waals surface area contributed by atoms with E-state index in [1.165, 1.54) is 21.3 Å². The maximum atomic E-state index is 13.1. The highest BCUT2D eigenvalue weighted by Crippen LogP contribution is 2.38. The van der Waals surface area contributed by atoms with Crippen molar-refractivity contribution in [3.05, 3.63) is 83.7 Å². The molecule has 0 spiro atoms. The number of para-hydroxylation sites is 2. The zero-order chi connectivity index (χ0) is 29.2. The summed E-state index contributed by atoms with van der Waals surface area (Å²) in [5.74, 6) is 2.04. The van der Waals surface area contributed by atoms with Crippen molar-refractivity contribution in [1.82, 2.24) is 19.8 Å². The molecule has 0 saturated carbocycles. The molecule has 4 aromatic rings. The molecule has 0 atom stereocenters. The van der Waals surface area contributed by atoms with Gasteiger partial charge in [-0.2, -0.15) is 0 Å². The molecule has 0 radical (unpaired) electrons. The molecule has 216 valence electrons. The lowest BCUT2D eigenvalue weighted by Gasteiger charge is -2.19. The molecular formula is C32H38N4O5. The predicted octanol–water partition coefficient (Wildman–Crippen LogP) is 4.86. The van der Waals surface area contributed by atoms with E-state index in [1.807, 2.05) is 66.2 Å². The van der Waals surface area contributed by atoms with Crippen LogP contribution in [0.15, 0.2) is 66.7 Å². The Morgan fingerprint density at radius 3 is 2.24 bits per heavy atom. The Bertz CT molecular complexity index is 1440. The van der Waals surface area contributed by atoms with Gasteiger partial charge in [-0.1, -0.05) is 48.9 Å². The zero-order valence-electron chi connectivity index (χ0n) is 24.2. The highest BCUT2D eigenvalue weighted by atomic mass is 16.5. The van der Waals surface area contributed by atoms with Crippen molar-refractivity contribution in [2.75, 3.05) is 34.9 Å². The van der Waals surface area contributed by atoms with Crippen molar-refractivity contribution in [2.24, 2.45) is 0 Å². The number of nitrogens with zero attached hydrogens (tertiary/aromatic N) is 3. The molecule has 4 rings (SSSR count). The van der Waals surface area contributed by atoms with Gasteiger partial charge >= 0.3 is 0 Å². The van der Waals surface area contributed by atoms with Crippen molar-refractivity contribution < 1.29 is 23.8 Å². The number of nitrogens with one attached hydrogen (secondary N) is 1. The van der Waals surface area contributed by atoms with Crippen LogP contribution in [0.2, 0.25) is 0 Å². The molecule has 0 saturated heterocycles. The van der Waals surface area contributed by atoms with Gasteiger partial charge in [0.15, 0.2) is 11.5 Å². The van der Waals surface area contributed by atoms with E-state index in [2.05, 4.69) is 5.32 Å². The lowest BCUT2D eigenvalue weighted by molar-refractivity contribution is -0.131. The molecule has 1 aromatic heterocycles. The van der Waals surface area contributed by atoms with E-state index < -0.39 is 0 Å². The summed E-state index contributed by atoms with van der Waals surface area (Å²) in [6.45, 7) is 1.34. The van der Waals surface area contributed by atoms with Crippen molar-refractivity contribution in [1.29, 1.82) is 0 Å². The minimum Gasteiger partial charge on any atom is -0.493 e. The molecule has 2 amide bonds. The van der Waals surface area contributed by atoms with Gasteiger partial charge in [-0.15, -0.1) is 0 Å². The van der Waals surface area contributed by atoms with E-state index in [1.54, 1.807) is 17.0 Å². The number of hydrogen-bond acceptors (Lipinski definition) is 6. The fraction of sp³-hybridized carbons (Fsp3) is 0.344. The van der Waals surface area contributed by atoms with Crippen molar-refractivity contribution in [2.45, 2.75) is 38.8 Å². The van der Waals surface area contributed by atoms with Crippen LogP contribution < -0.4 is 19.5 Å². The highest BCUT2D eigenvalue weighted by molar-refractivity contribution is 5.95. The summed E-state index contributed by atoms with van der Waals surface area (Å²) in [6.07, 6.45) is 3.35. The number of methoxy groups -OCH3 is 3. The number of benzene rings is 3. The van der Waals surface area contributed by atoms with E-state index >= 15 is 0 Å². The van der Waals surface area contributed by atoms with E-state index in [0.29, 0.717) is 35.9 Å². The summed E-state index contributed by atoms with van der Waals surface area (Å²) in [6, 6.07) is 21.2. The largest absolute Gasteiger partial charge is 0.493 e. The van der Waals surface area contributed by atoms with Gasteiger partial charge in [-0.25, -0.2) is 4.98 Å². The van der Waals surface area contributed by atoms with Crippen molar-refractivity contribution in [3.63, 3.8) is 0 Å². The Hall–Kier alpha value is -4.53. The number of aromatic nitrogens is 2. The van der Waals surface area contributed by atoms with Crippen molar-refractivity contribution in [3.8, 4) is 17.2 Å². The van der Waals surface area contributed by atoms with Gasteiger partial charge in [0.25, 0.3) is 5.91 Å². The molecule has 0 aliphatic rings. The number of rotatable bonds is 14. The minimum absolute atomic E-state index is 0.0350. The molecule has 0 bridgehead atoms. The number of carbonyl (C=O) groups is 2. The second-order valence-electron chi connectivity index (χ2n) is 9.82. The second kappa shape index (κ2) is 14.2. The van der Waals surface area contributed by atoms with Gasteiger partial charge in [0, 0.05) is 32.1 Å². The first-order chi connectivity index (χ1) is 19.9. The summed E-state index contributed by atoms with van der Waals surface area (Å²) >= 11 is 0. The Kier molecular flexibility index (Phi) is 10.2. The average Bonchev–Trinajstić information content (AvgIpc) is 3.35. The van der Waals surface area contributed by atoms with Crippen LogP contribution in [-0.2, 0) is 24.3 Å². The third-order valence-electron chi connectivity index (χ3n) is 7.00. The van der Waals surface area contributed by atoms with Gasteiger partial charge in [0.2, 0.25) is 11.7 Å². The van der Waals surface area contributed by atoms with Crippen LogP contribution in [0.5, 0.6) is 17.2 Å². The Labute approximate surface area is 241 Å². The monoisotopic (exact) mass is 558 g/mol. The van der Waals surface area contributed by atoms with Crippen molar-refractivity contribution >= 4 is 22.8 Å². The van der Waals surface area contributed by atoms with Gasteiger partial charge in [-0.3, -0.25) is 9.59 Å². The van der Waals surface area contributed by atoms with Crippen LogP contribution in [0.25, 0.3) is 11.0 Å². The number of hydrogen-bond donors (Lipinski definition) is 1. The minimum atomic E-state index is -0.204. The Morgan fingerprint density at radius 2 is 1.56 bits per heavy atom. The second-order valence-corrected chi connectivity index (χ2v) is 9.82.